The molecule has 1 amide bonds. The molecule has 1 N–H and O–H groups in total. The van der Waals surface area contributed by atoms with Crippen LogP contribution < -0.4 is 10.2 Å². The Labute approximate surface area is 150 Å². The van der Waals surface area contributed by atoms with Gasteiger partial charge < -0.3 is 15.0 Å². The number of carbonyl (C=O) groups excluding carboxylic acids is 1. The normalized spacial score (nSPS) is 14.5. The molecule has 0 aliphatic carbocycles. The van der Waals surface area contributed by atoms with Gasteiger partial charge in [0.05, 0.1) is 18.8 Å². The molecule has 0 saturated carbocycles. The van der Waals surface area contributed by atoms with E-state index in [0.29, 0.717) is 12.1 Å². The van der Waals surface area contributed by atoms with Crippen LogP contribution in [0.3, 0.4) is 0 Å². The van der Waals surface area contributed by atoms with Crippen molar-refractivity contribution in [2.45, 2.75) is 6.42 Å². The van der Waals surface area contributed by atoms with Gasteiger partial charge in [-0.15, -0.1) is 0 Å². The minimum Gasteiger partial charge on any atom is -0.378 e. The number of benzene rings is 2. The van der Waals surface area contributed by atoms with Crippen LogP contribution >= 0.6 is 15.9 Å². The summed E-state index contributed by atoms with van der Waals surface area (Å²) in [6.07, 6.45) is 0.819. The summed E-state index contributed by atoms with van der Waals surface area (Å²) in [5.41, 5.74) is 3.12. The number of morpholine rings is 1. The lowest BCUT2D eigenvalue weighted by atomic mass is 10.1. The highest BCUT2D eigenvalue weighted by molar-refractivity contribution is 9.10. The minimum absolute atomic E-state index is 0.0487. The van der Waals surface area contributed by atoms with Crippen molar-refractivity contribution in [3.8, 4) is 0 Å². The van der Waals surface area contributed by atoms with Gasteiger partial charge in [0.1, 0.15) is 0 Å². The first kappa shape index (κ1) is 17.0. The molecule has 1 saturated heterocycles. The third-order valence-corrected chi connectivity index (χ3v) is 4.82. The highest BCUT2D eigenvalue weighted by Crippen LogP contribution is 2.17. The van der Waals surface area contributed by atoms with Gasteiger partial charge in [0.2, 0.25) is 0 Å². The Morgan fingerprint density at radius 1 is 1.08 bits per heavy atom. The van der Waals surface area contributed by atoms with Crippen LogP contribution in [0.25, 0.3) is 0 Å². The fourth-order valence-corrected chi connectivity index (χ4v) is 3.22. The van der Waals surface area contributed by atoms with E-state index < -0.39 is 0 Å². The summed E-state index contributed by atoms with van der Waals surface area (Å²) in [5, 5.41) is 2.97. The number of amides is 1. The predicted molar refractivity (Wildman–Crippen MR) is 99.7 cm³/mol. The Morgan fingerprint density at radius 2 is 1.79 bits per heavy atom. The summed E-state index contributed by atoms with van der Waals surface area (Å²) >= 11 is 3.41. The molecule has 24 heavy (non-hydrogen) atoms. The van der Waals surface area contributed by atoms with Gasteiger partial charge in [-0.2, -0.15) is 0 Å². The zero-order chi connectivity index (χ0) is 16.8. The fraction of sp³-hybridized carbons (Fsp3) is 0.316. The topological polar surface area (TPSA) is 41.6 Å². The Bertz CT molecular complexity index is 682. The molecule has 4 nitrogen and oxygen atoms in total. The van der Waals surface area contributed by atoms with E-state index in [1.54, 1.807) is 0 Å². The van der Waals surface area contributed by atoms with Gasteiger partial charge in [0.15, 0.2) is 0 Å². The summed E-state index contributed by atoms with van der Waals surface area (Å²) in [6.45, 7) is 4.10. The lowest BCUT2D eigenvalue weighted by Gasteiger charge is -2.28. The second kappa shape index (κ2) is 8.31. The standard InChI is InChI=1S/C19H21BrN2O2/c20-18-4-2-1-3-17(18)19(23)21-10-9-15-5-7-16(8-6-15)22-11-13-24-14-12-22/h1-8H,9-14H2,(H,21,23). The number of nitrogens with one attached hydrogen (secondary N) is 1. The van der Waals surface area contributed by atoms with Gasteiger partial charge in [0, 0.05) is 29.8 Å². The molecule has 0 unspecified atom stereocenters. The van der Waals surface area contributed by atoms with Crippen LogP contribution in [0, 0.1) is 0 Å². The molecular weight excluding hydrogens is 368 g/mol. The first-order valence-corrected chi connectivity index (χ1v) is 8.98. The monoisotopic (exact) mass is 388 g/mol. The van der Waals surface area contributed by atoms with Crippen molar-refractivity contribution in [2.75, 3.05) is 37.7 Å². The third-order valence-electron chi connectivity index (χ3n) is 4.13. The van der Waals surface area contributed by atoms with Gasteiger partial charge in [-0.25, -0.2) is 0 Å². The van der Waals surface area contributed by atoms with Crippen LogP contribution in [-0.2, 0) is 11.2 Å². The van der Waals surface area contributed by atoms with E-state index in [4.69, 9.17) is 4.74 Å². The summed E-state index contributed by atoms with van der Waals surface area (Å²) in [6, 6.07) is 16.0. The maximum atomic E-state index is 12.2. The van der Waals surface area contributed by atoms with Crippen LogP contribution in [0.5, 0.6) is 0 Å². The highest BCUT2D eigenvalue weighted by atomic mass is 79.9. The van der Waals surface area contributed by atoms with Crippen molar-refractivity contribution in [3.63, 3.8) is 0 Å². The lowest BCUT2D eigenvalue weighted by molar-refractivity contribution is 0.0953. The zero-order valence-corrected chi connectivity index (χ0v) is 15.1. The lowest BCUT2D eigenvalue weighted by Crippen LogP contribution is -2.36. The van der Waals surface area contributed by atoms with Crippen molar-refractivity contribution in [3.05, 3.63) is 64.1 Å². The Kier molecular flexibility index (Phi) is 5.88. The molecule has 1 aliphatic heterocycles. The predicted octanol–water partition coefficient (Wildman–Crippen LogP) is 3.26. The molecular formula is C19H21BrN2O2. The molecule has 0 radical (unpaired) electrons. The summed E-state index contributed by atoms with van der Waals surface area (Å²) in [4.78, 5) is 14.5. The molecule has 1 aliphatic rings. The molecule has 2 aromatic rings. The summed E-state index contributed by atoms with van der Waals surface area (Å²) in [5.74, 6) is -0.0487. The van der Waals surface area contributed by atoms with Crippen molar-refractivity contribution in [1.29, 1.82) is 0 Å². The zero-order valence-electron chi connectivity index (χ0n) is 13.5. The molecule has 0 aromatic heterocycles. The second-order valence-corrected chi connectivity index (χ2v) is 6.61. The fourth-order valence-electron chi connectivity index (χ4n) is 2.76. The van der Waals surface area contributed by atoms with E-state index in [1.807, 2.05) is 24.3 Å². The van der Waals surface area contributed by atoms with Crippen molar-refractivity contribution in [2.24, 2.45) is 0 Å². The van der Waals surface area contributed by atoms with Crippen molar-refractivity contribution >= 4 is 27.5 Å². The molecule has 1 heterocycles. The van der Waals surface area contributed by atoms with E-state index in [1.165, 1.54) is 11.3 Å². The summed E-state index contributed by atoms with van der Waals surface area (Å²) < 4.78 is 6.20. The van der Waals surface area contributed by atoms with Gasteiger partial charge in [-0.1, -0.05) is 24.3 Å². The van der Waals surface area contributed by atoms with Gasteiger partial charge in [0.25, 0.3) is 5.91 Å². The Morgan fingerprint density at radius 3 is 2.50 bits per heavy atom. The largest absolute Gasteiger partial charge is 0.378 e. The number of carbonyl (C=O) groups is 1. The van der Waals surface area contributed by atoms with E-state index >= 15 is 0 Å². The number of anilines is 1. The number of halogens is 1. The summed E-state index contributed by atoms with van der Waals surface area (Å²) in [7, 11) is 0. The number of rotatable bonds is 5. The smallest absolute Gasteiger partial charge is 0.252 e. The molecule has 3 rings (SSSR count). The second-order valence-electron chi connectivity index (χ2n) is 5.75. The van der Waals surface area contributed by atoms with Crippen LogP contribution in [0.1, 0.15) is 15.9 Å². The van der Waals surface area contributed by atoms with Crippen LogP contribution in [0.15, 0.2) is 53.0 Å². The SMILES string of the molecule is O=C(NCCc1ccc(N2CCOCC2)cc1)c1ccccc1Br. The average molecular weight is 389 g/mol. The van der Waals surface area contributed by atoms with Crippen LogP contribution in [0.4, 0.5) is 5.69 Å². The molecule has 0 spiro atoms. The van der Waals surface area contributed by atoms with Gasteiger partial charge >= 0.3 is 0 Å². The van der Waals surface area contributed by atoms with E-state index in [-0.39, 0.29) is 5.91 Å². The van der Waals surface area contributed by atoms with E-state index in [9.17, 15) is 4.79 Å². The van der Waals surface area contributed by atoms with E-state index in [0.717, 1.165) is 37.2 Å². The highest BCUT2D eigenvalue weighted by Gasteiger charge is 2.11. The van der Waals surface area contributed by atoms with Crippen molar-refractivity contribution in [1.82, 2.24) is 5.32 Å². The van der Waals surface area contributed by atoms with Gasteiger partial charge in [-0.3, -0.25) is 4.79 Å². The number of ether oxygens (including phenoxy) is 1. The first-order valence-electron chi connectivity index (χ1n) is 8.18. The maximum absolute atomic E-state index is 12.2. The maximum Gasteiger partial charge on any atom is 0.252 e. The molecule has 0 atom stereocenters. The van der Waals surface area contributed by atoms with Crippen molar-refractivity contribution < 1.29 is 9.53 Å². The molecule has 126 valence electrons. The molecule has 2 aromatic carbocycles. The Hall–Kier alpha value is -1.85. The first-order chi connectivity index (χ1) is 11.7. The van der Waals surface area contributed by atoms with Gasteiger partial charge in [-0.05, 0) is 52.2 Å². The van der Waals surface area contributed by atoms with Crippen LogP contribution in [-0.4, -0.2) is 38.8 Å². The minimum atomic E-state index is -0.0487. The van der Waals surface area contributed by atoms with Crippen LogP contribution in [0.2, 0.25) is 0 Å². The Balaban J connectivity index is 1.50. The molecule has 1 fully saturated rings. The average Bonchev–Trinajstić information content (AvgIpc) is 2.63. The van der Waals surface area contributed by atoms with E-state index in [2.05, 4.69) is 50.4 Å². The quantitative estimate of drug-likeness (QED) is 0.854. The number of hydrogen-bond donors (Lipinski definition) is 1. The third kappa shape index (κ3) is 4.36. The number of hydrogen-bond acceptors (Lipinski definition) is 3. The molecule has 5 heteroatoms. The number of nitrogens with zero attached hydrogens (tertiary/aromatic N) is 1. The molecule has 0 bridgehead atoms.